The van der Waals surface area contributed by atoms with E-state index in [9.17, 15) is 9.18 Å². The Balaban J connectivity index is 1.17. The average Bonchev–Trinajstić information content (AvgIpc) is 3.75. The maximum atomic E-state index is 14.9. The molecular formula is C41H54FN7O4S2Si. The van der Waals surface area contributed by atoms with Crippen LogP contribution in [0.5, 0.6) is 5.75 Å². The Kier molecular flexibility index (Phi) is 14.1. The summed E-state index contributed by atoms with van der Waals surface area (Å²) in [6, 6.07) is 14.6. The van der Waals surface area contributed by atoms with Crippen LogP contribution in [0, 0.1) is 12.7 Å². The molecule has 1 aliphatic heterocycles. The molecule has 6 rings (SSSR count). The van der Waals surface area contributed by atoms with Crippen molar-refractivity contribution < 1.29 is 23.4 Å². The van der Waals surface area contributed by atoms with Crippen LogP contribution in [0.1, 0.15) is 57.7 Å². The zero-order valence-corrected chi connectivity index (χ0v) is 36.3. The first-order chi connectivity index (χ1) is 26.9. The maximum Gasteiger partial charge on any atom is 0.357 e. The number of aromatic nitrogens is 4. The molecule has 5 aromatic rings. The maximum absolute atomic E-state index is 14.9. The lowest BCUT2D eigenvalue weighted by Crippen LogP contribution is -2.27. The van der Waals surface area contributed by atoms with Gasteiger partial charge in [0.25, 0.3) is 0 Å². The molecule has 11 nitrogen and oxygen atoms in total. The monoisotopic (exact) mass is 819 g/mol. The van der Waals surface area contributed by atoms with E-state index in [-0.39, 0.29) is 17.3 Å². The Hall–Kier alpha value is -4.02. The van der Waals surface area contributed by atoms with Gasteiger partial charge in [-0.2, -0.15) is 4.99 Å². The molecule has 2 aromatic carbocycles. The Morgan fingerprint density at radius 2 is 1.86 bits per heavy atom. The van der Waals surface area contributed by atoms with Crippen LogP contribution in [0.15, 0.2) is 47.5 Å². The molecule has 0 saturated heterocycles. The van der Waals surface area contributed by atoms with Gasteiger partial charge in [0.15, 0.2) is 38.8 Å². The number of fused-ring (bicyclic) bond motifs is 2. The van der Waals surface area contributed by atoms with Gasteiger partial charge >= 0.3 is 5.97 Å². The summed E-state index contributed by atoms with van der Waals surface area (Å²) in [5.74, 6) is 0.687. The predicted molar refractivity (Wildman–Crippen MR) is 226 cm³/mol. The Morgan fingerprint density at radius 1 is 1.04 bits per heavy atom. The first-order valence-corrected chi connectivity index (χ1v) is 24.7. The van der Waals surface area contributed by atoms with Crippen molar-refractivity contribution in [3.05, 3.63) is 80.3 Å². The zero-order valence-electron chi connectivity index (χ0n) is 33.7. The van der Waals surface area contributed by atoms with Crippen molar-refractivity contribution in [1.82, 2.24) is 24.6 Å². The van der Waals surface area contributed by atoms with Crippen LogP contribution < -0.4 is 14.4 Å². The molecule has 15 heteroatoms. The second-order valence-corrected chi connectivity index (χ2v) is 23.4. The normalized spacial score (nSPS) is 13.5. The molecule has 0 unspecified atom stereocenters. The van der Waals surface area contributed by atoms with E-state index in [1.807, 2.05) is 30.0 Å². The van der Waals surface area contributed by atoms with Crippen molar-refractivity contribution in [3.8, 4) is 5.75 Å². The molecule has 0 fully saturated rings. The summed E-state index contributed by atoms with van der Waals surface area (Å²) >= 11 is 3.05. The molecule has 300 valence electrons. The van der Waals surface area contributed by atoms with Gasteiger partial charge in [-0.15, -0.1) is 21.5 Å². The number of anilines is 2. The number of rotatable bonds is 18. The number of methoxy groups -OCH3 is 1. The third kappa shape index (κ3) is 10.5. The van der Waals surface area contributed by atoms with Gasteiger partial charge in [0.1, 0.15) is 6.73 Å². The summed E-state index contributed by atoms with van der Waals surface area (Å²) in [5.41, 5.74) is 4.36. The zero-order chi connectivity index (χ0) is 39.8. The molecular weight excluding hydrogens is 766 g/mol. The van der Waals surface area contributed by atoms with Crippen LogP contribution in [-0.2, 0) is 35.5 Å². The summed E-state index contributed by atoms with van der Waals surface area (Å²) in [4.78, 5) is 28.5. The Bertz CT molecular complexity index is 2200. The number of aryl methyl sites for hydroxylation is 2. The number of nitrogens with zero attached hydrogens (tertiary/aromatic N) is 7. The summed E-state index contributed by atoms with van der Waals surface area (Å²) in [7, 11) is 4.26. The molecule has 0 saturated carbocycles. The SMILES string of the molecule is COC(=O)c1nc(N2CCCc3c2nnc(N=c2sc4ccccc4n2COCC[Si](C)(C)C)c3C)sc1CCCOc1ccc(CCCCN(C)C)cc1F. The molecule has 0 N–H and O–H groups in total. The quantitative estimate of drug-likeness (QED) is 0.0488. The van der Waals surface area contributed by atoms with E-state index in [1.54, 1.807) is 23.5 Å². The highest BCUT2D eigenvalue weighted by atomic mass is 32.1. The van der Waals surface area contributed by atoms with E-state index < -0.39 is 14.0 Å². The van der Waals surface area contributed by atoms with Crippen molar-refractivity contribution in [2.45, 2.75) is 84.3 Å². The minimum atomic E-state index is -1.22. The van der Waals surface area contributed by atoms with E-state index >= 15 is 0 Å². The number of unbranched alkanes of at least 4 members (excludes halogenated alkanes) is 1. The number of para-hydroxylation sites is 1. The number of halogens is 1. The standard InChI is InChI=1S/C41H54FN7O4S2Si/c1-28-30-15-12-22-48(38(30)46-45-37(28)44-41-49(27-52-24-25-56(5,6)7)32-16-8-9-17-34(32)54-41)40-43-36(39(50)51-4)35(55-40)18-13-23-53-33-20-19-29(26-31(33)42)14-10-11-21-47(2)3/h8-9,16-17,19-20,26H,10-15,18,21-25,27H2,1-7H3. The van der Waals surface area contributed by atoms with Crippen molar-refractivity contribution in [2.75, 3.05) is 52.4 Å². The van der Waals surface area contributed by atoms with Gasteiger partial charge in [-0.3, -0.25) is 4.57 Å². The molecule has 0 amide bonds. The molecule has 4 heterocycles. The van der Waals surface area contributed by atoms with Crippen molar-refractivity contribution >= 4 is 63.7 Å². The number of hydrogen-bond acceptors (Lipinski definition) is 12. The summed E-state index contributed by atoms with van der Waals surface area (Å²) in [6.45, 7) is 12.2. The van der Waals surface area contributed by atoms with Gasteiger partial charge < -0.3 is 24.0 Å². The molecule has 0 bridgehead atoms. The largest absolute Gasteiger partial charge is 0.491 e. The lowest BCUT2D eigenvalue weighted by molar-refractivity contribution is 0.0593. The van der Waals surface area contributed by atoms with Crippen LogP contribution >= 0.6 is 22.7 Å². The molecule has 0 spiro atoms. The van der Waals surface area contributed by atoms with Gasteiger partial charge in [0.05, 0.1) is 23.9 Å². The number of hydrogen-bond donors (Lipinski definition) is 0. The van der Waals surface area contributed by atoms with E-state index in [0.29, 0.717) is 43.7 Å². The van der Waals surface area contributed by atoms with Gasteiger partial charge in [-0.05, 0) is 108 Å². The first kappa shape index (κ1) is 41.6. The molecule has 0 atom stereocenters. The topological polar surface area (TPSA) is 107 Å². The highest BCUT2D eigenvalue weighted by molar-refractivity contribution is 7.16. The number of benzene rings is 2. The molecule has 0 radical (unpaired) electrons. The summed E-state index contributed by atoms with van der Waals surface area (Å²) in [5, 5.41) is 10.0. The van der Waals surface area contributed by atoms with E-state index in [0.717, 1.165) is 93.7 Å². The van der Waals surface area contributed by atoms with E-state index in [1.165, 1.54) is 18.4 Å². The third-order valence-electron chi connectivity index (χ3n) is 9.79. The summed E-state index contributed by atoms with van der Waals surface area (Å²) < 4.78 is 35.3. The third-order valence-corrected chi connectivity index (χ3v) is 13.7. The first-order valence-electron chi connectivity index (χ1n) is 19.4. The molecule has 1 aliphatic rings. The van der Waals surface area contributed by atoms with Crippen LogP contribution in [0.4, 0.5) is 21.2 Å². The number of ether oxygens (including phenoxy) is 3. The predicted octanol–water partition coefficient (Wildman–Crippen LogP) is 8.71. The van der Waals surface area contributed by atoms with Crippen LogP contribution in [0.3, 0.4) is 0 Å². The minimum Gasteiger partial charge on any atom is -0.491 e. The Labute approximate surface area is 338 Å². The fraction of sp³-hybridized carbons (Fsp3) is 0.488. The van der Waals surface area contributed by atoms with Gasteiger partial charge in [-0.25, -0.2) is 14.2 Å². The van der Waals surface area contributed by atoms with E-state index in [4.69, 9.17) is 29.3 Å². The van der Waals surface area contributed by atoms with Crippen LogP contribution in [-0.4, -0.2) is 86.2 Å². The van der Waals surface area contributed by atoms with Gasteiger partial charge in [0.2, 0.25) is 0 Å². The minimum absolute atomic E-state index is 0.234. The fourth-order valence-electron chi connectivity index (χ4n) is 6.59. The molecule has 56 heavy (non-hydrogen) atoms. The smallest absolute Gasteiger partial charge is 0.357 e. The fourth-order valence-corrected chi connectivity index (χ4v) is 9.48. The van der Waals surface area contributed by atoms with Crippen molar-refractivity contribution in [1.29, 1.82) is 0 Å². The second kappa shape index (κ2) is 18.9. The number of thiazole rings is 2. The molecule has 0 aliphatic carbocycles. The lowest BCUT2D eigenvalue weighted by Gasteiger charge is -2.28. The van der Waals surface area contributed by atoms with Crippen LogP contribution in [0.2, 0.25) is 25.7 Å². The summed E-state index contributed by atoms with van der Waals surface area (Å²) in [6.07, 6.45) is 5.70. The average molecular weight is 820 g/mol. The Morgan fingerprint density at radius 3 is 2.62 bits per heavy atom. The molecule has 3 aromatic heterocycles. The highest BCUT2D eigenvalue weighted by Crippen LogP contribution is 2.39. The number of carbonyl (C=O) groups is 1. The highest BCUT2D eigenvalue weighted by Gasteiger charge is 2.29. The number of carbonyl (C=O) groups excluding carboxylic acids is 1. The number of esters is 1. The van der Waals surface area contributed by atoms with Crippen LogP contribution in [0.25, 0.3) is 10.2 Å². The second-order valence-electron chi connectivity index (χ2n) is 15.7. The van der Waals surface area contributed by atoms with Gasteiger partial charge in [0, 0.05) is 37.2 Å². The van der Waals surface area contributed by atoms with Crippen molar-refractivity contribution in [2.24, 2.45) is 4.99 Å². The van der Waals surface area contributed by atoms with E-state index in [2.05, 4.69) is 60.4 Å². The van der Waals surface area contributed by atoms with Crippen molar-refractivity contribution in [3.63, 3.8) is 0 Å². The van der Waals surface area contributed by atoms with Gasteiger partial charge in [-0.1, -0.05) is 49.2 Å². The lowest BCUT2D eigenvalue weighted by atomic mass is 10.0.